The summed E-state index contributed by atoms with van der Waals surface area (Å²) in [5.74, 6) is -0.375. The van der Waals surface area contributed by atoms with Crippen molar-refractivity contribution in [1.82, 2.24) is 4.98 Å². The van der Waals surface area contributed by atoms with E-state index in [1.54, 1.807) is 12.3 Å². The number of ether oxygens (including phenoxy) is 2. The molecule has 0 spiro atoms. The second-order valence-electron chi connectivity index (χ2n) is 3.65. The van der Waals surface area contributed by atoms with E-state index in [0.29, 0.717) is 24.7 Å². The molecular weight excluding hydrogens is 304 g/mol. The van der Waals surface area contributed by atoms with Crippen LogP contribution >= 0.6 is 15.9 Å². The molecule has 1 aliphatic rings. The smallest absolute Gasteiger partial charge is 0.303 e. The highest BCUT2D eigenvalue weighted by atomic mass is 79.9. The van der Waals surface area contributed by atoms with Gasteiger partial charge in [-0.3, -0.25) is 9.59 Å². The number of halogens is 1. The van der Waals surface area contributed by atoms with Gasteiger partial charge in [0.2, 0.25) is 5.88 Å². The van der Waals surface area contributed by atoms with Crippen LogP contribution in [0, 0.1) is 0 Å². The second-order valence-corrected chi connectivity index (χ2v) is 4.57. The Morgan fingerprint density at radius 2 is 2.39 bits per heavy atom. The van der Waals surface area contributed by atoms with Gasteiger partial charge in [0.1, 0.15) is 12.3 Å². The normalized spacial score (nSPS) is 13.6. The van der Waals surface area contributed by atoms with Gasteiger partial charge in [-0.1, -0.05) is 0 Å². The molecule has 96 valence electrons. The maximum Gasteiger partial charge on any atom is 0.303 e. The van der Waals surface area contributed by atoms with E-state index in [4.69, 9.17) is 9.47 Å². The lowest BCUT2D eigenvalue weighted by Crippen LogP contribution is -2.40. The lowest BCUT2D eigenvalue weighted by atomic mass is 10.3. The first kappa shape index (κ1) is 12.8. The molecule has 0 fully saturated rings. The van der Waals surface area contributed by atoms with Crippen LogP contribution in [0.5, 0.6) is 5.88 Å². The third-order valence-electron chi connectivity index (χ3n) is 2.34. The number of carbonyl (C=O) groups is 2. The number of anilines is 1. The van der Waals surface area contributed by atoms with Gasteiger partial charge in [-0.2, -0.15) is 0 Å². The number of aromatic nitrogens is 1. The van der Waals surface area contributed by atoms with E-state index >= 15 is 0 Å². The summed E-state index contributed by atoms with van der Waals surface area (Å²) in [6, 6.07) is 1.74. The van der Waals surface area contributed by atoms with Crippen molar-refractivity contribution in [2.75, 3.05) is 24.7 Å². The van der Waals surface area contributed by atoms with Gasteiger partial charge >= 0.3 is 5.97 Å². The predicted octanol–water partition coefficient (Wildman–Crippen LogP) is 1.13. The minimum Gasteiger partial charge on any atom is -0.474 e. The molecule has 6 nitrogen and oxygen atoms in total. The van der Waals surface area contributed by atoms with Gasteiger partial charge in [-0.25, -0.2) is 4.98 Å². The predicted molar refractivity (Wildman–Crippen MR) is 66.4 cm³/mol. The molecule has 18 heavy (non-hydrogen) atoms. The molecule has 2 rings (SSSR count). The molecule has 1 aromatic heterocycles. The Morgan fingerprint density at radius 3 is 3.11 bits per heavy atom. The number of hydrogen-bond acceptors (Lipinski definition) is 5. The van der Waals surface area contributed by atoms with Crippen LogP contribution in [-0.4, -0.2) is 36.6 Å². The van der Waals surface area contributed by atoms with Crippen LogP contribution in [-0.2, 0) is 14.3 Å². The molecule has 0 saturated carbocycles. The van der Waals surface area contributed by atoms with E-state index in [1.165, 1.54) is 11.8 Å². The quantitative estimate of drug-likeness (QED) is 0.765. The van der Waals surface area contributed by atoms with Gasteiger partial charge in [0.05, 0.1) is 6.54 Å². The van der Waals surface area contributed by atoms with E-state index in [-0.39, 0.29) is 12.5 Å². The van der Waals surface area contributed by atoms with Crippen molar-refractivity contribution in [3.8, 4) is 5.88 Å². The summed E-state index contributed by atoms with van der Waals surface area (Å²) in [4.78, 5) is 28.2. The van der Waals surface area contributed by atoms with Crippen molar-refractivity contribution in [3.05, 3.63) is 16.7 Å². The molecule has 1 amide bonds. The molecule has 1 aliphatic heterocycles. The molecule has 0 aromatic carbocycles. The maximum absolute atomic E-state index is 11.9. The topological polar surface area (TPSA) is 68.7 Å². The highest BCUT2D eigenvalue weighted by Gasteiger charge is 2.25. The first-order chi connectivity index (χ1) is 8.58. The Morgan fingerprint density at radius 1 is 1.61 bits per heavy atom. The van der Waals surface area contributed by atoms with Crippen molar-refractivity contribution < 1.29 is 19.1 Å². The number of carbonyl (C=O) groups excluding carboxylic acids is 2. The first-order valence-corrected chi connectivity index (χ1v) is 6.09. The summed E-state index contributed by atoms with van der Waals surface area (Å²) in [7, 11) is 0. The molecule has 1 aromatic rings. The molecular formula is C11H11BrN2O4. The lowest BCUT2D eigenvalue weighted by molar-refractivity contribution is -0.145. The summed E-state index contributed by atoms with van der Waals surface area (Å²) in [6.45, 7) is 1.76. The highest BCUT2D eigenvalue weighted by Crippen LogP contribution is 2.31. The SMILES string of the molecule is CC(=O)OCC(=O)N1CCOc2ncc(Br)cc21. The van der Waals surface area contributed by atoms with Crippen LogP contribution in [0.25, 0.3) is 0 Å². The van der Waals surface area contributed by atoms with Crippen LogP contribution in [0.15, 0.2) is 16.7 Å². The molecule has 0 N–H and O–H groups in total. The third-order valence-corrected chi connectivity index (χ3v) is 2.78. The van der Waals surface area contributed by atoms with Gasteiger partial charge in [0.15, 0.2) is 6.61 Å². The molecule has 0 atom stereocenters. The van der Waals surface area contributed by atoms with Crippen LogP contribution in [0.1, 0.15) is 6.92 Å². The molecule has 0 aliphatic carbocycles. The maximum atomic E-state index is 11.9. The number of rotatable bonds is 2. The molecule has 0 bridgehead atoms. The van der Waals surface area contributed by atoms with Gasteiger partial charge in [0.25, 0.3) is 5.91 Å². The fourth-order valence-corrected chi connectivity index (χ4v) is 1.89. The van der Waals surface area contributed by atoms with Crippen molar-refractivity contribution in [3.63, 3.8) is 0 Å². The van der Waals surface area contributed by atoms with Crippen LogP contribution in [0.3, 0.4) is 0 Å². The monoisotopic (exact) mass is 314 g/mol. The zero-order chi connectivity index (χ0) is 13.1. The molecule has 2 heterocycles. The molecule has 0 saturated heterocycles. The fourth-order valence-electron chi connectivity index (χ4n) is 1.58. The summed E-state index contributed by atoms with van der Waals surface area (Å²) in [6.07, 6.45) is 1.60. The van der Waals surface area contributed by atoms with Crippen molar-refractivity contribution in [2.45, 2.75) is 6.92 Å². The Balaban J connectivity index is 2.18. The summed E-state index contributed by atoms with van der Waals surface area (Å²) in [5.41, 5.74) is 0.577. The lowest BCUT2D eigenvalue weighted by Gasteiger charge is -2.28. The van der Waals surface area contributed by atoms with E-state index in [1.807, 2.05) is 0 Å². The summed E-state index contributed by atoms with van der Waals surface area (Å²) in [5, 5.41) is 0. The average molecular weight is 315 g/mol. The number of pyridine rings is 1. The molecule has 0 unspecified atom stereocenters. The molecule has 0 radical (unpaired) electrons. The largest absolute Gasteiger partial charge is 0.474 e. The second kappa shape index (κ2) is 5.34. The summed E-state index contributed by atoms with van der Waals surface area (Å²) >= 11 is 3.29. The van der Waals surface area contributed by atoms with Crippen LogP contribution in [0.2, 0.25) is 0 Å². The molecule has 7 heteroatoms. The third kappa shape index (κ3) is 2.79. The Kier molecular flexibility index (Phi) is 3.81. The average Bonchev–Trinajstić information content (AvgIpc) is 2.35. The Hall–Kier alpha value is -1.63. The van der Waals surface area contributed by atoms with E-state index in [9.17, 15) is 9.59 Å². The van der Waals surface area contributed by atoms with Crippen molar-refractivity contribution in [2.24, 2.45) is 0 Å². The zero-order valence-electron chi connectivity index (χ0n) is 9.68. The van der Waals surface area contributed by atoms with Crippen molar-refractivity contribution in [1.29, 1.82) is 0 Å². The standard InChI is InChI=1S/C11H11BrN2O4/c1-7(15)18-6-10(16)14-2-3-17-11-9(14)4-8(12)5-13-11/h4-5H,2-3,6H2,1H3. The number of nitrogens with zero attached hydrogens (tertiary/aromatic N) is 2. The van der Waals surface area contributed by atoms with E-state index in [0.717, 1.165) is 4.47 Å². The van der Waals surface area contributed by atoms with Gasteiger partial charge in [-0.05, 0) is 22.0 Å². The van der Waals surface area contributed by atoms with Crippen LogP contribution < -0.4 is 9.64 Å². The zero-order valence-corrected chi connectivity index (χ0v) is 11.3. The van der Waals surface area contributed by atoms with Gasteiger partial charge < -0.3 is 14.4 Å². The number of esters is 1. The minimum atomic E-state index is -0.482. The Bertz CT molecular complexity index is 492. The number of amides is 1. The Labute approximate surface area is 112 Å². The number of hydrogen-bond donors (Lipinski definition) is 0. The fraction of sp³-hybridized carbons (Fsp3) is 0.364. The van der Waals surface area contributed by atoms with Gasteiger partial charge in [0, 0.05) is 17.6 Å². The van der Waals surface area contributed by atoms with E-state index in [2.05, 4.69) is 20.9 Å². The summed E-state index contributed by atoms with van der Waals surface area (Å²) < 4.78 is 10.8. The highest BCUT2D eigenvalue weighted by molar-refractivity contribution is 9.10. The van der Waals surface area contributed by atoms with E-state index < -0.39 is 5.97 Å². The van der Waals surface area contributed by atoms with Gasteiger partial charge in [-0.15, -0.1) is 0 Å². The number of fused-ring (bicyclic) bond motifs is 1. The first-order valence-electron chi connectivity index (χ1n) is 5.30. The minimum absolute atomic E-state index is 0.277. The van der Waals surface area contributed by atoms with Crippen LogP contribution in [0.4, 0.5) is 5.69 Å². The van der Waals surface area contributed by atoms with Crippen molar-refractivity contribution >= 4 is 33.5 Å².